The van der Waals surface area contributed by atoms with Crippen molar-refractivity contribution in [1.82, 2.24) is 9.80 Å². The molecule has 3 aliphatic rings. The van der Waals surface area contributed by atoms with Gasteiger partial charge in [-0.05, 0) is 69.5 Å². The van der Waals surface area contributed by atoms with E-state index in [1.54, 1.807) is 29.0 Å². The first-order valence-corrected chi connectivity index (χ1v) is 10.5. The molecule has 2 N–H and O–H groups in total. The normalized spacial score (nSPS) is 24.7. The van der Waals surface area contributed by atoms with Crippen LogP contribution in [-0.2, 0) is 9.59 Å². The predicted octanol–water partition coefficient (Wildman–Crippen LogP) is 1.39. The van der Waals surface area contributed by atoms with Gasteiger partial charge in [0.25, 0.3) is 0 Å². The molecule has 3 fully saturated rings. The van der Waals surface area contributed by atoms with E-state index in [-0.39, 0.29) is 18.0 Å². The second kappa shape index (κ2) is 8.02. The van der Waals surface area contributed by atoms with E-state index in [0.717, 1.165) is 50.9 Å². The van der Waals surface area contributed by atoms with Crippen LogP contribution in [0.3, 0.4) is 0 Å². The largest absolute Gasteiger partial charge is 0.368 e. The van der Waals surface area contributed by atoms with Gasteiger partial charge in [-0.1, -0.05) is 0 Å². The van der Waals surface area contributed by atoms with E-state index in [1.807, 2.05) is 12.1 Å². The van der Waals surface area contributed by atoms with Gasteiger partial charge in [0.1, 0.15) is 6.04 Å². The molecule has 3 heterocycles. The van der Waals surface area contributed by atoms with E-state index in [0.29, 0.717) is 18.8 Å². The topological polar surface area (TPSA) is 90.2 Å². The highest BCUT2D eigenvalue weighted by Crippen LogP contribution is 2.35. The number of benzene rings is 1. The van der Waals surface area contributed by atoms with Crippen molar-refractivity contribution >= 4 is 29.2 Å². The molecule has 0 aromatic heterocycles. The molecular weight excluding hydrogens is 370 g/mol. The average molecular weight is 399 g/mol. The number of primary amides is 1. The lowest BCUT2D eigenvalue weighted by atomic mass is 9.97. The Morgan fingerprint density at radius 2 is 1.72 bits per heavy atom. The molecule has 8 heteroatoms. The van der Waals surface area contributed by atoms with Gasteiger partial charge in [0.05, 0.1) is 12.6 Å². The molecule has 4 rings (SSSR count). The number of carbonyl (C=O) groups excluding carboxylic acids is 3. The molecule has 29 heavy (non-hydrogen) atoms. The minimum absolute atomic E-state index is 0.0454. The van der Waals surface area contributed by atoms with E-state index in [9.17, 15) is 14.4 Å². The Labute approximate surface area is 171 Å². The molecule has 2 atom stereocenters. The van der Waals surface area contributed by atoms with Crippen LogP contribution in [0.25, 0.3) is 0 Å². The zero-order valence-electron chi connectivity index (χ0n) is 16.9. The fourth-order valence-electron chi connectivity index (χ4n) is 4.76. The lowest BCUT2D eigenvalue weighted by molar-refractivity contribution is -0.120. The third-order valence-corrected chi connectivity index (χ3v) is 6.38. The van der Waals surface area contributed by atoms with Crippen LogP contribution in [0, 0.1) is 0 Å². The SMILES string of the molecule is CN(C(=O)CN1CCCC1)c1ccc(N2C(=O)N3CCCC[C@@H]3C2C(N)=O)cc1. The summed E-state index contributed by atoms with van der Waals surface area (Å²) in [6.45, 7) is 3.03. The number of likely N-dealkylation sites (tertiary alicyclic amines) is 1. The lowest BCUT2D eigenvalue weighted by Crippen LogP contribution is -2.48. The van der Waals surface area contributed by atoms with Gasteiger partial charge < -0.3 is 15.5 Å². The Balaban J connectivity index is 1.51. The molecule has 1 aromatic carbocycles. The Bertz CT molecular complexity index is 790. The first kappa shape index (κ1) is 19.7. The third-order valence-electron chi connectivity index (χ3n) is 6.38. The van der Waals surface area contributed by atoms with Crippen molar-refractivity contribution < 1.29 is 14.4 Å². The van der Waals surface area contributed by atoms with Crippen LogP contribution in [0.15, 0.2) is 24.3 Å². The molecule has 3 saturated heterocycles. The number of nitrogens with two attached hydrogens (primary N) is 1. The maximum absolute atomic E-state index is 12.9. The monoisotopic (exact) mass is 399 g/mol. The fourth-order valence-corrected chi connectivity index (χ4v) is 4.76. The highest BCUT2D eigenvalue weighted by atomic mass is 16.2. The molecule has 0 bridgehead atoms. The minimum atomic E-state index is -0.650. The Morgan fingerprint density at radius 3 is 2.38 bits per heavy atom. The van der Waals surface area contributed by atoms with Crippen LogP contribution in [0.5, 0.6) is 0 Å². The van der Waals surface area contributed by atoms with Crippen LogP contribution < -0.4 is 15.5 Å². The number of hydrogen-bond donors (Lipinski definition) is 1. The molecule has 1 unspecified atom stereocenters. The summed E-state index contributed by atoms with van der Waals surface area (Å²) in [5.74, 6) is -0.432. The molecule has 0 saturated carbocycles. The quantitative estimate of drug-likeness (QED) is 0.810. The number of urea groups is 1. The van der Waals surface area contributed by atoms with Crippen LogP contribution in [0.1, 0.15) is 32.1 Å². The number of nitrogens with zero attached hydrogens (tertiary/aromatic N) is 4. The zero-order valence-corrected chi connectivity index (χ0v) is 16.9. The summed E-state index contributed by atoms with van der Waals surface area (Å²) in [4.78, 5) is 44.8. The summed E-state index contributed by atoms with van der Waals surface area (Å²) in [6.07, 6.45) is 5.03. The summed E-state index contributed by atoms with van der Waals surface area (Å²) in [6, 6.07) is 6.26. The van der Waals surface area contributed by atoms with Gasteiger partial charge in [-0.3, -0.25) is 19.4 Å². The second-order valence-electron chi connectivity index (χ2n) is 8.21. The number of piperidine rings is 1. The van der Waals surface area contributed by atoms with E-state index < -0.39 is 11.9 Å². The van der Waals surface area contributed by atoms with Crippen molar-refractivity contribution in [3.05, 3.63) is 24.3 Å². The van der Waals surface area contributed by atoms with Crippen LogP contribution in [0.4, 0.5) is 16.2 Å². The molecule has 156 valence electrons. The van der Waals surface area contributed by atoms with Crippen LogP contribution in [-0.4, -0.2) is 73.0 Å². The molecule has 8 nitrogen and oxygen atoms in total. The average Bonchev–Trinajstić information content (AvgIpc) is 3.34. The maximum atomic E-state index is 12.9. The predicted molar refractivity (Wildman–Crippen MR) is 111 cm³/mol. The Hall–Kier alpha value is -2.61. The summed E-state index contributed by atoms with van der Waals surface area (Å²) in [5.41, 5.74) is 7.07. The molecule has 0 radical (unpaired) electrons. The van der Waals surface area contributed by atoms with E-state index in [4.69, 9.17) is 5.73 Å². The van der Waals surface area contributed by atoms with Crippen molar-refractivity contribution in [3.63, 3.8) is 0 Å². The van der Waals surface area contributed by atoms with Gasteiger partial charge in [0.2, 0.25) is 11.8 Å². The zero-order chi connectivity index (χ0) is 20.5. The number of amides is 4. The minimum Gasteiger partial charge on any atom is -0.368 e. The summed E-state index contributed by atoms with van der Waals surface area (Å²) < 4.78 is 0. The summed E-state index contributed by atoms with van der Waals surface area (Å²) in [7, 11) is 1.76. The Kier molecular flexibility index (Phi) is 5.45. The fraction of sp³-hybridized carbons (Fsp3) is 0.571. The van der Waals surface area contributed by atoms with Gasteiger partial charge in [-0.2, -0.15) is 0 Å². The Morgan fingerprint density at radius 1 is 1.07 bits per heavy atom. The highest BCUT2D eigenvalue weighted by Gasteiger charge is 2.49. The van der Waals surface area contributed by atoms with E-state index in [1.165, 1.54) is 4.90 Å². The molecule has 1 aromatic rings. The van der Waals surface area contributed by atoms with Crippen molar-refractivity contribution in [3.8, 4) is 0 Å². The van der Waals surface area contributed by atoms with Gasteiger partial charge >= 0.3 is 6.03 Å². The number of rotatable bonds is 5. The molecule has 4 amide bonds. The number of carbonyl (C=O) groups is 3. The van der Waals surface area contributed by atoms with Gasteiger partial charge in [0, 0.05) is 25.0 Å². The van der Waals surface area contributed by atoms with Gasteiger partial charge in [-0.15, -0.1) is 0 Å². The number of anilines is 2. The maximum Gasteiger partial charge on any atom is 0.325 e. The highest BCUT2D eigenvalue weighted by molar-refractivity contribution is 6.04. The second-order valence-corrected chi connectivity index (χ2v) is 8.21. The number of likely N-dealkylation sites (N-methyl/N-ethyl adjacent to an activating group) is 1. The van der Waals surface area contributed by atoms with Crippen LogP contribution >= 0.6 is 0 Å². The third kappa shape index (κ3) is 3.69. The van der Waals surface area contributed by atoms with Crippen molar-refractivity contribution in [2.45, 2.75) is 44.2 Å². The number of fused-ring (bicyclic) bond motifs is 1. The first-order chi connectivity index (χ1) is 14.0. The van der Waals surface area contributed by atoms with Gasteiger partial charge in [0.15, 0.2) is 0 Å². The molecular formula is C21H29N5O3. The smallest absolute Gasteiger partial charge is 0.325 e. The number of hydrogen-bond acceptors (Lipinski definition) is 4. The molecule has 0 aliphatic carbocycles. The van der Waals surface area contributed by atoms with Crippen molar-refractivity contribution in [1.29, 1.82) is 0 Å². The van der Waals surface area contributed by atoms with Crippen LogP contribution in [0.2, 0.25) is 0 Å². The van der Waals surface area contributed by atoms with Crippen molar-refractivity contribution in [2.24, 2.45) is 5.73 Å². The van der Waals surface area contributed by atoms with Crippen molar-refractivity contribution in [2.75, 3.05) is 43.0 Å². The lowest BCUT2D eigenvalue weighted by Gasteiger charge is -2.29. The summed E-state index contributed by atoms with van der Waals surface area (Å²) in [5, 5.41) is 0. The molecule has 0 spiro atoms. The summed E-state index contributed by atoms with van der Waals surface area (Å²) >= 11 is 0. The molecule has 3 aliphatic heterocycles. The van der Waals surface area contributed by atoms with Gasteiger partial charge in [-0.25, -0.2) is 4.79 Å². The first-order valence-electron chi connectivity index (χ1n) is 10.5. The standard InChI is InChI=1S/C21H29N5O3/c1-23(18(27)14-24-11-4-5-12-24)15-7-9-16(10-8-15)26-19(20(22)28)17-6-2-3-13-25(17)21(26)29/h7-10,17,19H,2-6,11-14H2,1H3,(H2,22,28)/t17-,19?/m1/s1. The van der Waals surface area contributed by atoms with E-state index in [2.05, 4.69) is 4.90 Å². The van der Waals surface area contributed by atoms with E-state index >= 15 is 0 Å².